The highest BCUT2D eigenvalue weighted by molar-refractivity contribution is 5.82. The van der Waals surface area contributed by atoms with Gasteiger partial charge < -0.3 is 10.6 Å². The van der Waals surface area contributed by atoms with Gasteiger partial charge in [-0.3, -0.25) is 9.59 Å². The second-order valence-electron chi connectivity index (χ2n) is 2.92. The first kappa shape index (κ1) is 9.19. The molecule has 0 aromatic carbocycles. The van der Waals surface area contributed by atoms with Crippen LogP contribution in [0, 0.1) is 0 Å². The highest BCUT2D eigenvalue weighted by atomic mass is 16.1. The Morgan fingerprint density at radius 2 is 1.92 bits per heavy atom. The molecule has 2 rings (SSSR count). The van der Waals surface area contributed by atoms with Crippen molar-refractivity contribution in [1.29, 1.82) is 0 Å². The van der Waals surface area contributed by atoms with Gasteiger partial charge in [0.05, 0.1) is 6.54 Å². The van der Waals surface area contributed by atoms with Crippen molar-refractivity contribution in [3.8, 4) is 0 Å². The SMILES string of the molecule is O=C1CCCN1.O=C1CCNC1. The van der Waals surface area contributed by atoms with Gasteiger partial charge in [-0.05, 0) is 6.42 Å². The van der Waals surface area contributed by atoms with Gasteiger partial charge in [0, 0.05) is 25.9 Å². The lowest BCUT2D eigenvalue weighted by Crippen LogP contribution is -2.12. The molecule has 0 spiro atoms. The molecule has 0 radical (unpaired) electrons. The average molecular weight is 170 g/mol. The summed E-state index contributed by atoms with van der Waals surface area (Å²) in [4.78, 5) is 20.3. The van der Waals surface area contributed by atoms with Crippen LogP contribution in [0.2, 0.25) is 0 Å². The summed E-state index contributed by atoms with van der Waals surface area (Å²) in [7, 11) is 0. The van der Waals surface area contributed by atoms with Crippen molar-refractivity contribution < 1.29 is 9.59 Å². The molecular weight excluding hydrogens is 156 g/mol. The minimum Gasteiger partial charge on any atom is -0.356 e. The van der Waals surface area contributed by atoms with Gasteiger partial charge >= 0.3 is 0 Å². The van der Waals surface area contributed by atoms with Crippen molar-refractivity contribution in [3.63, 3.8) is 0 Å². The van der Waals surface area contributed by atoms with Crippen LogP contribution >= 0.6 is 0 Å². The Labute approximate surface area is 71.7 Å². The average Bonchev–Trinajstić information content (AvgIpc) is 2.63. The van der Waals surface area contributed by atoms with Crippen molar-refractivity contribution >= 4 is 11.7 Å². The van der Waals surface area contributed by atoms with Gasteiger partial charge in [0.1, 0.15) is 5.78 Å². The Balaban J connectivity index is 0.000000120. The fraction of sp³-hybridized carbons (Fsp3) is 0.750. The maximum atomic E-state index is 10.2. The van der Waals surface area contributed by atoms with E-state index in [0.29, 0.717) is 12.3 Å². The monoisotopic (exact) mass is 170 g/mol. The zero-order chi connectivity index (χ0) is 8.81. The largest absolute Gasteiger partial charge is 0.356 e. The van der Waals surface area contributed by atoms with Crippen molar-refractivity contribution in [3.05, 3.63) is 0 Å². The highest BCUT2D eigenvalue weighted by Crippen LogP contribution is 1.93. The van der Waals surface area contributed by atoms with Crippen LogP contribution in [-0.2, 0) is 9.59 Å². The van der Waals surface area contributed by atoms with Crippen LogP contribution in [0.25, 0.3) is 0 Å². The summed E-state index contributed by atoms with van der Waals surface area (Å²) in [6, 6.07) is 0. The Morgan fingerprint density at radius 1 is 1.08 bits per heavy atom. The fourth-order valence-corrected chi connectivity index (χ4v) is 1.11. The maximum absolute atomic E-state index is 10.2. The zero-order valence-electron chi connectivity index (χ0n) is 7.06. The lowest BCUT2D eigenvalue weighted by Gasteiger charge is -1.80. The van der Waals surface area contributed by atoms with Gasteiger partial charge in [-0.25, -0.2) is 0 Å². The summed E-state index contributed by atoms with van der Waals surface area (Å²) < 4.78 is 0. The van der Waals surface area contributed by atoms with Crippen molar-refractivity contribution in [2.75, 3.05) is 19.6 Å². The van der Waals surface area contributed by atoms with Gasteiger partial charge in [-0.2, -0.15) is 0 Å². The summed E-state index contributed by atoms with van der Waals surface area (Å²) in [5, 5.41) is 5.60. The Hall–Kier alpha value is -0.900. The molecule has 0 saturated carbocycles. The topological polar surface area (TPSA) is 58.2 Å². The molecule has 0 bridgehead atoms. The van der Waals surface area contributed by atoms with Gasteiger partial charge in [0.15, 0.2) is 0 Å². The van der Waals surface area contributed by atoms with Crippen LogP contribution < -0.4 is 10.6 Å². The van der Waals surface area contributed by atoms with Crippen molar-refractivity contribution in [2.24, 2.45) is 0 Å². The Morgan fingerprint density at radius 3 is 2.08 bits per heavy atom. The summed E-state index contributed by atoms with van der Waals surface area (Å²) in [6.45, 7) is 2.37. The van der Waals surface area contributed by atoms with Crippen LogP contribution in [0.5, 0.6) is 0 Å². The molecule has 2 N–H and O–H groups in total. The molecule has 4 heteroatoms. The van der Waals surface area contributed by atoms with E-state index in [-0.39, 0.29) is 5.91 Å². The second-order valence-corrected chi connectivity index (χ2v) is 2.92. The molecule has 12 heavy (non-hydrogen) atoms. The van der Waals surface area contributed by atoms with Gasteiger partial charge in [-0.15, -0.1) is 0 Å². The first-order chi connectivity index (χ1) is 5.79. The van der Waals surface area contributed by atoms with E-state index in [9.17, 15) is 9.59 Å². The molecule has 2 aliphatic rings. The molecule has 0 aromatic heterocycles. The van der Waals surface area contributed by atoms with E-state index in [0.717, 1.165) is 32.4 Å². The molecule has 4 nitrogen and oxygen atoms in total. The highest BCUT2D eigenvalue weighted by Gasteiger charge is 2.06. The van der Waals surface area contributed by atoms with Crippen molar-refractivity contribution in [2.45, 2.75) is 19.3 Å². The van der Waals surface area contributed by atoms with Crippen LogP contribution in [0.15, 0.2) is 0 Å². The maximum Gasteiger partial charge on any atom is 0.220 e. The first-order valence-corrected chi connectivity index (χ1v) is 4.28. The molecule has 0 aliphatic carbocycles. The van der Waals surface area contributed by atoms with Gasteiger partial charge in [0.2, 0.25) is 5.91 Å². The minimum atomic E-state index is 0.204. The molecule has 2 fully saturated rings. The van der Waals surface area contributed by atoms with Gasteiger partial charge in [-0.1, -0.05) is 0 Å². The summed E-state index contributed by atoms with van der Waals surface area (Å²) in [6.07, 6.45) is 2.50. The normalized spacial score (nSPS) is 21.7. The summed E-state index contributed by atoms with van der Waals surface area (Å²) in [5.41, 5.74) is 0. The first-order valence-electron chi connectivity index (χ1n) is 4.28. The molecule has 1 amide bonds. The molecule has 68 valence electrons. The molecule has 2 saturated heterocycles. The number of hydrogen-bond acceptors (Lipinski definition) is 3. The third kappa shape index (κ3) is 3.48. The third-order valence-electron chi connectivity index (χ3n) is 1.81. The van der Waals surface area contributed by atoms with Crippen LogP contribution in [-0.4, -0.2) is 31.3 Å². The number of rotatable bonds is 0. The molecule has 0 atom stereocenters. The van der Waals surface area contributed by atoms with Gasteiger partial charge in [0.25, 0.3) is 0 Å². The molecule has 2 aliphatic heterocycles. The van der Waals surface area contributed by atoms with E-state index < -0.39 is 0 Å². The standard InChI is InChI=1S/2C4H7NO/c6-4-1-2-5-3-4;6-4-2-1-3-5-4/h5H,1-3H2;1-3H2,(H,5,6). The van der Waals surface area contributed by atoms with E-state index in [1.807, 2.05) is 0 Å². The number of nitrogens with one attached hydrogen (secondary N) is 2. The zero-order valence-corrected chi connectivity index (χ0v) is 7.06. The van der Waals surface area contributed by atoms with Crippen LogP contribution in [0.1, 0.15) is 19.3 Å². The quantitative estimate of drug-likeness (QED) is 0.512. The second kappa shape index (κ2) is 4.87. The summed E-state index contributed by atoms with van der Waals surface area (Å²) >= 11 is 0. The minimum absolute atomic E-state index is 0.204. The van der Waals surface area contributed by atoms with Crippen molar-refractivity contribution in [1.82, 2.24) is 10.6 Å². The Kier molecular flexibility index (Phi) is 3.73. The van der Waals surface area contributed by atoms with E-state index >= 15 is 0 Å². The van der Waals surface area contributed by atoms with E-state index in [1.165, 1.54) is 0 Å². The number of hydrogen-bond donors (Lipinski definition) is 2. The number of amides is 1. The van der Waals surface area contributed by atoms with Crippen LogP contribution in [0.4, 0.5) is 0 Å². The lowest BCUT2D eigenvalue weighted by molar-refractivity contribution is -0.119. The number of ketones is 1. The number of Topliss-reactive ketones (excluding diaryl/α,β-unsaturated/α-hetero) is 1. The van der Waals surface area contributed by atoms with Crippen LogP contribution in [0.3, 0.4) is 0 Å². The molecule has 0 unspecified atom stereocenters. The number of carbonyl (C=O) groups excluding carboxylic acids is 2. The number of carbonyl (C=O) groups is 2. The molecule has 0 aromatic rings. The predicted molar refractivity (Wildman–Crippen MR) is 44.7 cm³/mol. The molecule has 2 heterocycles. The molecular formula is C8H14N2O2. The summed E-state index contributed by atoms with van der Waals surface area (Å²) in [5.74, 6) is 0.546. The smallest absolute Gasteiger partial charge is 0.220 e. The Bertz CT molecular complexity index is 144. The van der Waals surface area contributed by atoms with E-state index in [1.54, 1.807) is 0 Å². The van der Waals surface area contributed by atoms with E-state index in [4.69, 9.17) is 0 Å². The fourth-order valence-electron chi connectivity index (χ4n) is 1.11. The van der Waals surface area contributed by atoms with E-state index in [2.05, 4.69) is 10.6 Å². The third-order valence-corrected chi connectivity index (χ3v) is 1.81. The predicted octanol–water partition coefficient (Wildman–Crippen LogP) is -0.555. The lowest BCUT2D eigenvalue weighted by atomic mass is 10.4.